The molecule has 0 aliphatic heterocycles. The van der Waals surface area contributed by atoms with Crippen molar-refractivity contribution in [3.05, 3.63) is 24.8 Å². The summed E-state index contributed by atoms with van der Waals surface area (Å²) in [5.74, 6) is 4.53. The van der Waals surface area contributed by atoms with Gasteiger partial charge in [-0.3, -0.25) is 0 Å². The van der Waals surface area contributed by atoms with E-state index in [1.54, 1.807) is 0 Å². The van der Waals surface area contributed by atoms with Crippen LogP contribution in [0, 0.1) is 35.5 Å². The lowest BCUT2D eigenvalue weighted by atomic mass is 9.71. The van der Waals surface area contributed by atoms with Gasteiger partial charge in [-0.15, -0.1) is 6.58 Å². The van der Waals surface area contributed by atoms with Gasteiger partial charge in [0.2, 0.25) is 0 Å². The van der Waals surface area contributed by atoms with Crippen molar-refractivity contribution in [3.63, 3.8) is 0 Å². The molecule has 0 saturated carbocycles. The molecule has 92 valence electrons. The summed E-state index contributed by atoms with van der Waals surface area (Å²) in [7, 11) is 0. The van der Waals surface area contributed by atoms with Crippen LogP contribution in [0.2, 0.25) is 0 Å². The summed E-state index contributed by atoms with van der Waals surface area (Å²) in [4.78, 5) is 0. The van der Waals surface area contributed by atoms with Gasteiger partial charge < -0.3 is 0 Å². The summed E-state index contributed by atoms with van der Waals surface area (Å²) in [6, 6.07) is 0. The molecule has 16 heavy (non-hydrogen) atoms. The number of hydrogen-bond donors (Lipinski definition) is 0. The standard InChI is InChI=1S/C16H28/c1-7-15-9-8-10-16(15)14(6)13(5)12(4)11(2)3/h7-8,10-16H,1,9H2,2-6H3/t12-,13-,14-,15?,16-/m1/s1. The second-order valence-corrected chi connectivity index (χ2v) is 5.96. The first-order chi connectivity index (χ1) is 7.49. The van der Waals surface area contributed by atoms with E-state index in [2.05, 4.69) is 59.4 Å². The molecule has 0 spiro atoms. The Balaban J connectivity index is 2.65. The average molecular weight is 220 g/mol. The molecule has 0 heteroatoms. The van der Waals surface area contributed by atoms with Gasteiger partial charge in [0.05, 0.1) is 0 Å². The molecule has 0 nitrogen and oxygen atoms in total. The average Bonchev–Trinajstić information content (AvgIpc) is 2.73. The van der Waals surface area contributed by atoms with E-state index in [9.17, 15) is 0 Å². The zero-order valence-electron chi connectivity index (χ0n) is 11.6. The molecular weight excluding hydrogens is 192 g/mol. The third kappa shape index (κ3) is 2.78. The summed E-state index contributed by atoms with van der Waals surface area (Å²) < 4.78 is 0. The Morgan fingerprint density at radius 2 is 1.75 bits per heavy atom. The summed E-state index contributed by atoms with van der Waals surface area (Å²) in [5.41, 5.74) is 0. The van der Waals surface area contributed by atoms with E-state index < -0.39 is 0 Å². The molecule has 0 aromatic rings. The predicted molar refractivity (Wildman–Crippen MR) is 73.3 cm³/mol. The fourth-order valence-corrected chi connectivity index (χ4v) is 2.95. The highest BCUT2D eigenvalue weighted by molar-refractivity contribution is 5.08. The van der Waals surface area contributed by atoms with Crippen LogP contribution in [0.1, 0.15) is 41.0 Å². The maximum absolute atomic E-state index is 3.97. The Morgan fingerprint density at radius 1 is 1.12 bits per heavy atom. The molecule has 1 unspecified atom stereocenters. The van der Waals surface area contributed by atoms with Crippen LogP contribution in [0.5, 0.6) is 0 Å². The van der Waals surface area contributed by atoms with E-state index in [0.717, 1.165) is 23.7 Å². The van der Waals surface area contributed by atoms with Gasteiger partial charge in [0, 0.05) is 0 Å². The Hall–Kier alpha value is -0.520. The van der Waals surface area contributed by atoms with E-state index in [-0.39, 0.29) is 0 Å². The number of allylic oxidation sites excluding steroid dienone is 3. The highest BCUT2D eigenvalue weighted by Crippen LogP contribution is 2.39. The van der Waals surface area contributed by atoms with Crippen molar-refractivity contribution in [2.45, 2.75) is 41.0 Å². The van der Waals surface area contributed by atoms with E-state index >= 15 is 0 Å². The fourth-order valence-electron chi connectivity index (χ4n) is 2.95. The smallest absolute Gasteiger partial charge is 0.0136 e. The Bertz CT molecular complexity index is 249. The van der Waals surface area contributed by atoms with Gasteiger partial charge in [0.15, 0.2) is 0 Å². The summed E-state index contributed by atoms with van der Waals surface area (Å²) in [6.07, 6.45) is 8.09. The lowest BCUT2D eigenvalue weighted by molar-refractivity contribution is 0.173. The van der Waals surface area contributed by atoms with Gasteiger partial charge >= 0.3 is 0 Å². The van der Waals surface area contributed by atoms with Crippen molar-refractivity contribution in [2.75, 3.05) is 0 Å². The minimum absolute atomic E-state index is 0.678. The minimum Gasteiger partial charge on any atom is -0.103 e. The number of rotatable bonds is 5. The van der Waals surface area contributed by atoms with Gasteiger partial charge in [-0.1, -0.05) is 52.8 Å². The maximum Gasteiger partial charge on any atom is -0.0136 e. The van der Waals surface area contributed by atoms with Crippen molar-refractivity contribution in [1.29, 1.82) is 0 Å². The maximum atomic E-state index is 3.97. The summed E-state index contributed by atoms with van der Waals surface area (Å²) >= 11 is 0. The van der Waals surface area contributed by atoms with Crippen molar-refractivity contribution >= 4 is 0 Å². The van der Waals surface area contributed by atoms with Gasteiger partial charge in [-0.2, -0.15) is 0 Å². The predicted octanol–water partition coefficient (Wildman–Crippen LogP) is 4.93. The van der Waals surface area contributed by atoms with Crippen molar-refractivity contribution in [2.24, 2.45) is 35.5 Å². The molecule has 0 bridgehead atoms. The first-order valence-electron chi connectivity index (χ1n) is 6.78. The molecule has 0 aromatic heterocycles. The van der Waals surface area contributed by atoms with Crippen LogP contribution >= 0.6 is 0 Å². The third-order valence-electron chi connectivity index (χ3n) is 4.88. The van der Waals surface area contributed by atoms with Crippen LogP contribution in [0.4, 0.5) is 0 Å². The van der Waals surface area contributed by atoms with E-state index in [4.69, 9.17) is 0 Å². The van der Waals surface area contributed by atoms with Crippen molar-refractivity contribution < 1.29 is 0 Å². The molecule has 1 aliphatic rings. The molecule has 0 fully saturated rings. The first-order valence-corrected chi connectivity index (χ1v) is 6.78. The van der Waals surface area contributed by atoms with E-state index in [0.29, 0.717) is 11.8 Å². The molecule has 0 N–H and O–H groups in total. The van der Waals surface area contributed by atoms with Crippen LogP contribution in [-0.4, -0.2) is 0 Å². The largest absolute Gasteiger partial charge is 0.103 e. The second kappa shape index (κ2) is 5.70. The molecule has 0 aromatic carbocycles. The van der Waals surface area contributed by atoms with Crippen molar-refractivity contribution in [1.82, 2.24) is 0 Å². The zero-order valence-corrected chi connectivity index (χ0v) is 11.6. The molecule has 5 atom stereocenters. The molecule has 0 heterocycles. The highest BCUT2D eigenvalue weighted by Gasteiger charge is 2.31. The highest BCUT2D eigenvalue weighted by atomic mass is 14.4. The number of hydrogen-bond acceptors (Lipinski definition) is 0. The summed E-state index contributed by atoms with van der Waals surface area (Å²) in [6.45, 7) is 15.9. The van der Waals surface area contributed by atoms with E-state index in [1.807, 2.05) is 0 Å². The first kappa shape index (κ1) is 13.5. The Labute approximate surface area is 102 Å². The normalized spacial score (nSPS) is 30.4. The quantitative estimate of drug-likeness (QED) is 0.576. The van der Waals surface area contributed by atoms with Gasteiger partial charge in [0.25, 0.3) is 0 Å². The van der Waals surface area contributed by atoms with Crippen LogP contribution < -0.4 is 0 Å². The van der Waals surface area contributed by atoms with Crippen LogP contribution in [0.3, 0.4) is 0 Å². The third-order valence-corrected chi connectivity index (χ3v) is 4.88. The SMILES string of the molecule is C=CC1CC=C[C@@H]1[C@H](C)[C@H](C)[C@H](C)C(C)C. The van der Waals surface area contributed by atoms with Crippen LogP contribution in [-0.2, 0) is 0 Å². The molecule has 1 aliphatic carbocycles. The fraction of sp³-hybridized carbons (Fsp3) is 0.750. The monoisotopic (exact) mass is 220 g/mol. The Kier molecular flexibility index (Phi) is 4.83. The minimum atomic E-state index is 0.678. The van der Waals surface area contributed by atoms with Gasteiger partial charge in [0.1, 0.15) is 0 Å². The van der Waals surface area contributed by atoms with E-state index in [1.165, 1.54) is 6.42 Å². The van der Waals surface area contributed by atoms with Gasteiger partial charge in [-0.05, 0) is 41.9 Å². The molecule has 0 saturated heterocycles. The summed E-state index contributed by atoms with van der Waals surface area (Å²) in [5, 5.41) is 0. The molecular formula is C16H28. The second-order valence-electron chi connectivity index (χ2n) is 5.96. The lowest BCUT2D eigenvalue weighted by Gasteiger charge is -2.34. The lowest BCUT2D eigenvalue weighted by Crippen LogP contribution is -2.27. The molecule has 0 radical (unpaired) electrons. The molecule has 0 amide bonds. The zero-order chi connectivity index (χ0) is 12.3. The van der Waals surface area contributed by atoms with Crippen molar-refractivity contribution in [3.8, 4) is 0 Å². The molecule has 1 rings (SSSR count). The van der Waals surface area contributed by atoms with Crippen LogP contribution in [0.25, 0.3) is 0 Å². The topological polar surface area (TPSA) is 0 Å². The van der Waals surface area contributed by atoms with Gasteiger partial charge in [-0.25, -0.2) is 0 Å². The Morgan fingerprint density at radius 3 is 2.25 bits per heavy atom. The van der Waals surface area contributed by atoms with Crippen LogP contribution in [0.15, 0.2) is 24.8 Å².